The number of alkyl halides is 3. The molecule has 0 spiro atoms. The molecule has 3 heterocycles. The van der Waals surface area contributed by atoms with Crippen LogP contribution in [0.15, 0.2) is 24.4 Å². The number of nitrogens with zero attached hydrogens (tertiary/aromatic N) is 5. The topological polar surface area (TPSA) is 112 Å². The molecular formula is C30H36F5N7O2. The van der Waals surface area contributed by atoms with Gasteiger partial charge in [-0.05, 0) is 37.8 Å². The number of amides is 1. The molecule has 0 aliphatic carbocycles. The number of anilines is 2. The number of hydrogen-bond donors (Lipinski definition) is 2. The Labute approximate surface area is 251 Å². The fourth-order valence-electron chi connectivity index (χ4n) is 5.23. The van der Waals surface area contributed by atoms with E-state index in [0.29, 0.717) is 22.5 Å². The van der Waals surface area contributed by atoms with Crippen LogP contribution in [0, 0.1) is 17.7 Å². The molecule has 238 valence electrons. The standard InChI is InChI=1S/C30H36F5N7O2/c1-6-9-10-17(11-16(4)7-2)28-39-25(26-27(36)37-15-22(32)42(26)28)24-19(31)12-18(13-20(24)44-8-3)29(43)38-23-14-21(30(33,34)35)41(5)40-23/h12-17H,6-11H2,1-5H3,(H2,36,37)(H,38,40,43). The SMILES string of the molecule is CCCCC(CC(C)CC)c1nc(-c2c(F)cc(C(=O)Nc3cc(C(F)(F)F)n(C)n3)cc2OCC)c2c(N)ncc(F)n12. The van der Waals surface area contributed by atoms with Gasteiger partial charge in [-0.3, -0.25) is 13.9 Å². The summed E-state index contributed by atoms with van der Waals surface area (Å²) < 4.78 is 78.6. The summed E-state index contributed by atoms with van der Waals surface area (Å²) in [6.45, 7) is 7.96. The molecule has 0 bridgehead atoms. The highest BCUT2D eigenvalue weighted by Crippen LogP contribution is 2.41. The molecule has 14 heteroatoms. The van der Waals surface area contributed by atoms with Crippen LogP contribution in [0.3, 0.4) is 0 Å². The molecule has 0 aliphatic heterocycles. The number of rotatable bonds is 12. The van der Waals surface area contributed by atoms with Crippen molar-refractivity contribution in [2.45, 2.75) is 71.9 Å². The number of fused-ring (bicyclic) bond motifs is 1. The predicted molar refractivity (Wildman–Crippen MR) is 156 cm³/mol. The molecule has 4 rings (SSSR count). The number of aryl methyl sites for hydroxylation is 1. The molecule has 1 aromatic carbocycles. The number of nitrogens with one attached hydrogen (secondary N) is 1. The number of benzene rings is 1. The van der Waals surface area contributed by atoms with Gasteiger partial charge in [-0.1, -0.05) is 40.0 Å². The van der Waals surface area contributed by atoms with Gasteiger partial charge in [0.25, 0.3) is 5.91 Å². The Hall–Kier alpha value is -4.23. The zero-order valence-electron chi connectivity index (χ0n) is 25.2. The highest BCUT2D eigenvalue weighted by Gasteiger charge is 2.35. The van der Waals surface area contributed by atoms with E-state index in [2.05, 4.69) is 36.2 Å². The fraction of sp³-hybridized carbons (Fsp3) is 0.467. The first-order chi connectivity index (χ1) is 20.8. The van der Waals surface area contributed by atoms with Gasteiger partial charge in [0, 0.05) is 24.6 Å². The van der Waals surface area contributed by atoms with Gasteiger partial charge in [-0.15, -0.1) is 0 Å². The van der Waals surface area contributed by atoms with Crippen LogP contribution >= 0.6 is 0 Å². The Kier molecular flexibility index (Phi) is 9.79. The van der Waals surface area contributed by atoms with Crippen molar-refractivity contribution in [1.82, 2.24) is 24.1 Å². The van der Waals surface area contributed by atoms with Crippen molar-refractivity contribution < 1.29 is 31.5 Å². The lowest BCUT2D eigenvalue weighted by Gasteiger charge is -2.19. The van der Waals surface area contributed by atoms with Crippen LogP contribution in [0.5, 0.6) is 5.75 Å². The first-order valence-corrected chi connectivity index (χ1v) is 14.5. The number of aromatic nitrogens is 5. The monoisotopic (exact) mass is 621 g/mol. The molecule has 0 saturated carbocycles. The van der Waals surface area contributed by atoms with Crippen LogP contribution in [0.4, 0.5) is 33.6 Å². The minimum atomic E-state index is -4.69. The van der Waals surface area contributed by atoms with Crippen molar-refractivity contribution in [1.29, 1.82) is 0 Å². The lowest BCUT2D eigenvalue weighted by Crippen LogP contribution is -2.14. The van der Waals surface area contributed by atoms with Gasteiger partial charge in [0.05, 0.1) is 18.4 Å². The molecule has 2 unspecified atom stereocenters. The van der Waals surface area contributed by atoms with Crippen molar-refractivity contribution in [3.63, 3.8) is 0 Å². The van der Waals surface area contributed by atoms with E-state index in [1.165, 1.54) is 10.5 Å². The lowest BCUT2D eigenvalue weighted by molar-refractivity contribution is -0.143. The molecule has 3 aromatic heterocycles. The first kappa shape index (κ1) is 32.7. The third kappa shape index (κ3) is 6.63. The highest BCUT2D eigenvalue weighted by atomic mass is 19.4. The lowest BCUT2D eigenvalue weighted by atomic mass is 9.89. The number of imidazole rings is 1. The second-order valence-electron chi connectivity index (χ2n) is 10.8. The minimum absolute atomic E-state index is 0.00241. The Balaban J connectivity index is 1.85. The molecule has 3 N–H and O–H groups in total. The Bertz CT molecular complexity index is 1650. The van der Waals surface area contributed by atoms with Crippen LogP contribution < -0.4 is 15.8 Å². The van der Waals surface area contributed by atoms with Crippen molar-refractivity contribution in [2.75, 3.05) is 17.7 Å². The van der Waals surface area contributed by atoms with Gasteiger partial charge < -0.3 is 15.8 Å². The van der Waals surface area contributed by atoms with E-state index in [1.54, 1.807) is 6.92 Å². The van der Waals surface area contributed by atoms with E-state index in [0.717, 1.165) is 51.4 Å². The van der Waals surface area contributed by atoms with Crippen LogP contribution in [0.1, 0.15) is 87.6 Å². The number of ether oxygens (including phenoxy) is 1. The number of nitrogen functional groups attached to an aromatic ring is 1. The van der Waals surface area contributed by atoms with Gasteiger partial charge in [0.2, 0.25) is 5.95 Å². The summed E-state index contributed by atoms with van der Waals surface area (Å²) in [6, 6.07) is 2.82. The third-order valence-electron chi connectivity index (χ3n) is 7.59. The minimum Gasteiger partial charge on any atom is -0.493 e. The van der Waals surface area contributed by atoms with E-state index in [-0.39, 0.29) is 52.2 Å². The van der Waals surface area contributed by atoms with E-state index < -0.39 is 29.5 Å². The first-order valence-electron chi connectivity index (χ1n) is 14.5. The fourth-order valence-corrected chi connectivity index (χ4v) is 5.23. The summed E-state index contributed by atoms with van der Waals surface area (Å²) in [5.41, 5.74) is 4.83. The van der Waals surface area contributed by atoms with Crippen LogP contribution in [-0.2, 0) is 13.2 Å². The number of hydrogen-bond acceptors (Lipinski definition) is 6. The van der Waals surface area contributed by atoms with Crippen molar-refractivity contribution in [2.24, 2.45) is 13.0 Å². The molecule has 44 heavy (non-hydrogen) atoms. The molecular weight excluding hydrogens is 585 g/mol. The summed E-state index contributed by atoms with van der Waals surface area (Å²) in [6.07, 6.45) is 0.455. The second kappa shape index (κ2) is 13.2. The summed E-state index contributed by atoms with van der Waals surface area (Å²) in [7, 11) is 1.09. The van der Waals surface area contributed by atoms with Gasteiger partial charge in [0.1, 0.15) is 40.1 Å². The van der Waals surface area contributed by atoms with Gasteiger partial charge in [-0.25, -0.2) is 14.4 Å². The molecule has 9 nitrogen and oxygen atoms in total. The number of nitrogens with two attached hydrogens (primary N) is 1. The number of carbonyl (C=O) groups is 1. The van der Waals surface area contributed by atoms with E-state index in [9.17, 15) is 18.0 Å². The summed E-state index contributed by atoms with van der Waals surface area (Å²) in [4.78, 5) is 21.7. The Morgan fingerprint density at radius 3 is 2.50 bits per heavy atom. The van der Waals surface area contributed by atoms with Crippen molar-refractivity contribution in [3.05, 3.63) is 53.2 Å². The molecule has 0 saturated heterocycles. The average molecular weight is 622 g/mol. The molecule has 2 atom stereocenters. The van der Waals surface area contributed by atoms with Crippen molar-refractivity contribution in [3.8, 4) is 17.0 Å². The average Bonchev–Trinajstić information content (AvgIpc) is 3.54. The van der Waals surface area contributed by atoms with Gasteiger partial charge in [-0.2, -0.15) is 22.7 Å². The summed E-state index contributed by atoms with van der Waals surface area (Å²) in [5.74, 6) is -2.55. The van der Waals surface area contributed by atoms with Crippen LogP contribution in [-0.4, -0.2) is 36.7 Å². The maximum absolute atomic E-state index is 16.0. The Morgan fingerprint density at radius 2 is 1.89 bits per heavy atom. The van der Waals surface area contributed by atoms with E-state index in [1.807, 2.05) is 0 Å². The maximum Gasteiger partial charge on any atom is 0.433 e. The van der Waals surface area contributed by atoms with Crippen LogP contribution in [0.25, 0.3) is 16.8 Å². The number of unbranched alkanes of at least 4 members (excludes halogenated alkanes) is 1. The largest absolute Gasteiger partial charge is 0.493 e. The van der Waals surface area contributed by atoms with E-state index in [4.69, 9.17) is 15.5 Å². The molecule has 4 aromatic rings. The molecule has 1 amide bonds. The summed E-state index contributed by atoms with van der Waals surface area (Å²) in [5, 5.41) is 5.94. The zero-order chi connectivity index (χ0) is 32.3. The van der Waals surface area contributed by atoms with Crippen LogP contribution in [0.2, 0.25) is 0 Å². The van der Waals surface area contributed by atoms with Gasteiger partial charge in [0.15, 0.2) is 5.82 Å². The zero-order valence-corrected chi connectivity index (χ0v) is 25.2. The number of carbonyl (C=O) groups excluding carboxylic acids is 1. The quantitative estimate of drug-likeness (QED) is 0.160. The Morgan fingerprint density at radius 1 is 1.16 bits per heavy atom. The summed E-state index contributed by atoms with van der Waals surface area (Å²) >= 11 is 0. The maximum atomic E-state index is 16.0. The smallest absolute Gasteiger partial charge is 0.433 e. The normalized spacial score (nSPS) is 13.3. The van der Waals surface area contributed by atoms with E-state index >= 15 is 8.78 Å². The van der Waals surface area contributed by atoms with Gasteiger partial charge >= 0.3 is 6.18 Å². The molecule has 0 aliphatic rings. The predicted octanol–water partition coefficient (Wildman–Crippen LogP) is 7.37. The third-order valence-corrected chi connectivity index (χ3v) is 7.59. The number of halogens is 5. The highest BCUT2D eigenvalue weighted by molar-refractivity contribution is 6.05. The van der Waals surface area contributed by atoms with Crippen molar-refractivity contribution >= 4 is 23.1 Å². The molecule has 0 fully saturated rings. The second-order valence-corrected chi connectivity index (χ2v) is 10.8. The molecule has 0 radical (unpaired) electrons.